The molecule has 4 aromatic rings. The molecule has 2 heterocycles. The fourth-order valence-corrected chi connectivity index (χ4v) is 3.73. The van der Waals surface area contributed by atoms with Gasteiger partial charge in [0.15, 0.2) is 0 Å². The van der Waals surface area contributed by atoms with E-state index in [9.17, 15) is 14.4 Å². The van der Waals surface area contributed by atoms with Gasteiger partial charge in [-0.3, -0.25) is 19.0 Å². The molecule has 2 aromatic carbocycles. The van der Waals surface area contributed by atoms with Crippen LogP contribution in [0.3, 0.4) is 0 Å². The zero-order valence-corrected chi connectivity index (χ0v) is 19.2. The molecule has 0 unspecified atom stereocenters. The molecule has 1 amide bonds. The van der Waals surface area contributed by atoms with Crippen LogP contribution in [0.2, 0.25) is 0 Å². The summed E-state index contributed by atoms with van der Waals surface area (Å²) in [5.41, 5.74) is 2.83. The van der Waals surface area contributed by atoms with Crippen molar-refractivity contribution in [2.75, 3.05) is 0 Å². The lowest BCUT2D eigenvalue weighted by Crippen LogP contribution is -2.46. The van der Waals surface area contributed by atoms with Crippen molar-refractivity contribution in [2.45, 2.75) is 39.8 Å². The fourth-order valence-electron chi connectivity index (χ4n) is 3.73. The molecule has 0 bridgehead atoms. The first kappa shape index (κ1) is 23.0. The van der Waals surface area contributed by atoms with E-state index >= 15 is 0 Å². The highest BCUT2D eigenvalue weighted by molar-refractivity contribution is 5.98. The number of carbonyl (C=O) groups is 2. The van der Waals surface area contributed by atoms with Crippen molar-refractivity contribution in [1.29, 1.82) is 0 Å². The van der Waals surface area contributed by atoms with Crippen molar-refractivity contribution in [1.82, 2.24) is 25.1 Å². The lowest BCUT2D eigenvalue weighted by Gasteiger charge is -2.20. The molecule has 0 saturated heterocycles. The van der Waals surface area contributed by atoms with Crippen molar-refractivity contribution >= 4 is 22.7 Å². The molecule has 34 heavy (non-hydrogen) atoms. The Labute approximate surface area is 195 Å². The molecule has 9 nitrogen and oxygen atoms in total. The maximum Gasteiger partial charge on any atom is 0.286 e. The SMILES string of the molecule is Cc1cccc(Cc2nnc(C(=O)[C@@H](NC(=O)Cn3c(=O)cnc4ccccc43)C(C)C)o2)c1. The Balaban J connectivity index is 1.49. The summed E-state index contributed by atoms with van der Waals surface area (Å²) < 4.78 is 6.94. The minimum Gasteiger partial charge on any atom is -0.418 e. The molecule has 9 heteroatoms. The van der Waals surface area contributed by atoms with E-state index in [-0.39, 0.29) is 18.4 Å². The Morgan fingerprint density at radius 1 is 1.09 bits per heavy atom. The third-order valence-corrected chi connectivity index (χ3v) is 5.44. The summed E-state index contributed by atoms with van der Waals surface area (Å²) in [6.45, 7) is 5.35. The molecule has 0 saturated carbocycles. The Kier molecular flexibility index (Phi) is 6.62. The maximum atomic E-state index is 13.1. The number of nitrogens with one attached hydrogen (secondary N) is 1. The molecular weight excluding hydrogens is 434 g/mol. The topological polar surface area (TPSA) is 120 Å². The molecule has 0 spiro atoms. The normalized spacial score (nSPS) is 12.1. The first-order valence-electron chi connectivity index (χ1n) is 11.0. The number of para-hydroxylation sites is 2. The summed E-state index contributed by atoms with van der Waals surface area (Å²) in [6, 6.07) is 14.0. The van der Waals surface area contributed by atoms with Gasteiger partial charge in [0.1, 0.15) is 6.54 Å². The van der Waals surface area contributed by atoms with Crippen molar-refractivity contribution in [2.24, 2.45) is 5.92 Å². The number of Topliss-reactive ketones (excluding diaryl/α,β-unsaturated/α-hetero) is 1. The average Bonchev–Trinajstić information content (AvgIpc) is 3.27. The summed E-state index contributed by atoms with van der Waals surface area (Å²) in [6.07, 6.45) is 1.58. The number of aromatic nitrogens is 4. The molecule has 0 aliphatic heterocycles. The van der Waals surface area contributed by atoms with Crippen LogP contribution in [0, 0.1) is 12.8 Å². The van der Waals surface area contributed by atoms with Crippen LogP contribution >= 0.6 is 0 Å². The highest BCUT2D eigenvalue weighted by atomic mass is 16.4. The van der Waals surface area contributed by atoms with Gasteiger partial charge in [0.2, 0.25) is 17.6 Å². The zero-order valence-electron chi connectivity index (χ0n) is 19.2. The number of hydrogen-bond donors (Lipinski definition) is 1. The van der Waals surface area contributed by atoms with Gasteiger partial charge in [0.05, 0.1) is 29.7 Å². The Bertz CT molecular complexity index is 1410. The number of carbonyl (C=O) groups excluding carboxylic acids is 2. The van der Waals surface area contributed by atoms with Gasteiger partial charge in [0.25, 0.3) is 11.4 Å². The fraction of sp³-hybridized carbons (Fsp3) is 0.280. The monoisotopic (exact) mass is 459 g/mol. The predicted molar refractivity (Wildman–Crippen MR) is 125 cm³/mol. The number of aryl methyl sites for hydroxylation is 1. The highest BCUT2D eigenvalue weighted by Gasteiger charge is 2.29. The van der Waals surface area contributed by atoms with Gasteiger partial charge < -0.3 is 9.73 Å². The molecule has 0 fully saturated rings. The van der Waals surface area contributed by atoms with Gasteiger partial charge in [-0.2, -0.15) is 0 Å². The van der Waals surface area contributed by atoms with E-state index in [1.165, 1.54) is 10.8 Å². The second-order valence-corrected chi connectivity index (χ2v) is 8.49. The molecule has 1 atom stereocenters. The number of hydrogen-bond acceptors (Lipinski definition) is 7. The molecule has 174 valence electrons. The quantitative estimate of drug-likeness (QED) is 0.402. The molecule has 0 aliphatic carbocycles. The summed E-state index contributed by atoms with van der Waals surface area (Å²) in [5, 5.41) is 10.6. The highest BCUT2D eigenvalue weighted by Crippen LogP contribution is 2.14. The Morgan fingerprint density at radius 2 is 1.88 bits per heavy atom. The number of rotatable bonds is 8. The first-order valence-corrected chi connectivity index (χ1v) is 11.0. The second kappa shape index (κ2) is 9.78. The first-order chi connectivity index (χ1) is 16.3. The van der Waals surface area contributed by atoms with Gasteiger partial charge in [0, 0.05) is 0 Å². The summed E-state index contributed by atoms with van der Waals surface area (Å²) in [7, 11) is 0. The maximum absolute atomic E-state index is 13.1. The number of fused-ring (bicyclic) bond motifs is 1. The smallest absolute Gasteiger partial charge is 0.286 e. The van der Waals surface area contributed by atoms with E-state index in [0.717, 1.165) is 11.1 Å². The lowest BCUT2D eigenvalue weighted by atomic mass is 9.99. The number of nitrogens with zero attached hydrogens (tertiary/aromatic N) is 4. The minimum atomic E-state index is -0.886. The summed E-state index contributed by atoms with van der Waals surface area (Å²) in [4.78, 5) is 42.3. The van der Waals surface area contributed by atoms with Gasteiger partial charge in [-0.05, 0) is 30.5 Å². The van der Waals surface area contributed by atoms with E-state index in [1.807, 2.05) is 31.2 Å². The van der Waals surface area contributed by atoms with Gasteiger partial charge >= 0.3 is 0 Å². The van der Waals surface area contributed by atoms with E-state index < -0.39 is 23.3 Å². The van der Waals surface area contributed by atoms with Crippen LogP contribution in [0.25, 0.3) is 11.0 Å². The number of benzene rings is 2. The largest absolute Gasteiger partial charge is 0.418 e. The number of amides is 1. The van der Waals surface area contributed by atoms with Crippen molar-refractivity contribution in [3.8, 4) is 0 Å². The van der Waals surface area contributed by atoms with Crippen LogP contribution in [0.1, 0.15) is 41.6 Å². The molecule has 0 aliphatic rings. The second-order valence-electron chi connectivity index (χ2n) is 8.49. The van der Waals surface area contributed by atoms with Gasteiger partial charge in [-0.25, -0.2) is 4.98 Å². The molecular formula is C25H25N5O4. The zero-order chi connectivity index (χ0) is 24.2. The third-order valence-electron chi connectivity index (χ3n) is 5.44. The molecule has 1 N–H and O–H groups in total. The van der Waals surface area contributed by atoms with Crippen molar-refractivity contribution in [3.05, 3.63) is 88.0 Å². The summed E-state index contributed by atoms with van der Waals surface area (Å²) >= 11 is 0. The Hall–Kier alpha value is -4.14. The summed E-state index contributed by atoms with van der Waals surface area (Å²) in [5.74, 6) is -1.04. The van der Waals surface area contributed by atoms with Crippen LogP contribution in [0.15, 0.2) is 63.9 Å². The number of ketones is 1. The van der Waals surface area contributed by atoms with E-state index in [2.05, 4.69) is 20.5 Å². The van der Waals surface area contributed by atoms with Crippen molar-refractivity contribution in [3.63, 3.8) is 0 Å². The lowest BCUT2D eigenvalue weighted by molar-refractivity contribution is -0.122. The van der Waals surface area contributed by atoms with E-state index in [0.29, 0.717) is 23.3 Å². The van der Waals surface area contributed by atoms with Gasteiger partial charge in [-0.1, -0.05) is 55.8 Å². The predicted octanol–water partition coefficient (Wildman–Crippen LogP) is 2.70. The molecule has 0 radical (unpaired) electrons. The Morgan fingerprint density at radius 3 is 2.65 bits per heavy atom. The van der Waals surface area contributed by atoms with Crippen LogP contribution in [-0.2, 0) is 17.8 Å². The van der Waals surface area contributed by atoms with Crippen LogP contribution in [-0.4, -0.2) is 37.5 Å². The average molecular weight is 460 g/mol. The van der Waals surface area contributed by atoms with Crippen molar-refractivity contribution < 1.29 is 14.0 Å². The van der Waals surface area contributed by atoms with Gasteiger partial charge in [-0.15, -0.1) is 10.2 Å². The van der Waals surface area contributed by atoms with Crippen LogP contribution in [0.4, 0.5) is 0 Å². The van der Waals surface area contributed by atoms with E-state index in [4.69, 9.17) is 4.42 Å². The third kappa shape index (κ3) is 5.09. The standard InChI is InChI=1S/C25H25N5O4/c1-15(2)23(24(33)25-29-28-21(34-25)12-17-8-6-7-16(3)11-17)27-20(31)14-30-19-10-5-4-9-18(19)26-13-22(30)32/h4-11,13,15,23H,12,14H2,1-3H3,(H,27,31)/t23-/m0/s1. The molecule has 2 aromatic heterocycles. The van der Waals surface area contributed by atoms with E-state index in [1.54, 1.807) is 38.1 Å². The minimum absolute atomic E-state index is 0.159. The molecule has 4 rings (SSSR count). The van der Waals surface area contributed by atoms with Crippen LogP contribution < -0.4 is 10.9 Å². The van der Waals surface area contributed by atoms with Crippen LogP contribution in [0.5, 0.6) is 0 Å².